The minimum Gasteiger partial charge on any atom is -0.444 e. The van der Waals surface area contributed by atoms with Crippen molar-refractivity contribution in [3.8, 4) is 0 Å². The third-order valence-electron chi connectivity index (χ3n) is 3.88. The molecule has 2 atom stereocenters. The molecule has 4 heteroatoms. The number of carbonyl (C=O) groups excluding carboxylic acids is 1. The number of thiophene rings is 1. The maximum Gasteiger partial charge on any atom is 0.410 e. The van der Waals surface area contributed by atoms with Crippen molar-refractivity contribution in [2.75, 3.05) is 13.1 Å². The van der Waals surface area contributed by atoms with E-state index in [0.717, 1.165) is 19.5 Å². The van der Waals surface area contributed by atoms with Gasteiger partial charge in [0.1, 0.15) is 5.60 Å². The quantitative estimate of drug-likeness (QED) is 0.782. The topological polar surface area (TPSA) is 29.5 Å². The van der Waals surface area contributed by atoms with Crippen molar-refractivity contribution in [1.82, 2.24) is 4.90 Å². The van der Waals surface area contributed by atoms with Crippen LogP contribution in [-0.4, -0.2) is 29.7 Å². The monoisotopic (exact) mass is 291 g/mol. The van der Waals surface area contributed by atoms with Gasteiger partial charge >= 0.3 is 6.09 Å². The van der Waals surface area contributed by atoms with E-state index >= 15 is 0 Å². The number of likely N-dealkylation sites (tertiary alicyclic amines) is 1. The lowest BCUT2D eigenvalue weighted by Gasteiger charge is -2.24. The molecule has 0 radical (unpaired) electrons. The van der Waals surface area contributed by atoms with Gasteiger partial charge in [-0.3, -0.25) is 0 Å². The molecule has 1 aromatic rings. The lowest BCUT2D eigenvalue weighted by molar-refractivity contribution is 0.0285. The van der Waals surface area contributed by atoms with Crippen molar-refractivity contribution in [2.24, 2.45) is 11.8 Å². The van der Waals surface area contributed by atoms with Gasteiger partial charge in [-0.1, -0.05) is 12.1 Å². The number of allylic oxidation sites excluding steroid dienone is 1. The Hall–Kier alpha value is -1.29. The molecular formula is C16H21NO2S. The Morgan fingerprint density at radius 3 is 2.80 bits per heavy atom. The Labute approximate surface area is 124 Å². The van der Waals surface area contributed by atoms with Gasteiger partial charge in [-0.25, -0.2) is 4.79 Å². The van der Waals surface area contributed by atoms with Gasteiger partial charge in [0, 0.05) is 18.0 Å². The number of rotatable bonds is 1. The standard InChI is InChI=1S/C16H21NO2S/c1-16(2,3)19-15(18)17-9-12-7-11(8-13(12)10-17)14-5-4-6-20-14/h4-7,12-13H,8-10H2,1-3H3. The summed E-state index contributed by atoms with van der Waals surface area (Å²) in [5, 5.41) is 2.12. The lowest BCUT2D eigenvalue weighted by Crippen LogP contribution is -2.35. The zero-order valence-corrected chi connectivity index (χ0v) is 13.1. The van der Waals surface area contributed by atoms with Gasteiger partial charge < -0.3 is 9.64 Å². The number of carbonyl (C=O) groups is 1. The largest absolute Gasteiger partial charge is 0.444 e. The zero-order valence-electron chi connectivity index (χ0n) is 12.3. The van der Waals surface area contributed by atoms with E-state index in [-0.39, 0.29) is 6.09 Å². The van der Waals surface area contributed by atoms with Gasteiger partial charge in [0.05, 0.1) is 0 Å². The maximum absolute atomic E-state index is 12.1. The van der Waals surface area contributed by atoms with Crippen molar-refractivity contribution < 1.29 is 9.53 Å². The maximum atomic E-state index is 12.1. The number of ether oxygens (including phenoxy) is 1. The molecule has 1 saturated heterocycles. The predicted molar refractivity (Wildman–Crippen MR) is 81.7 cm³/mol. The number of fused-ring (bicyclic) bond motifs is 1. The molecule has 1 aliphatic carbocycles. The first-order valence-electron chi connectivity index (χ1n) is 7.15. The molecule has 1 aliphatic heterocycles. The highest BCUT2D eigenvalue weighted by Gasteiger charge is 2.39. The van der Waals surface area contributed by atoms with E-state index in [9.17, 15) is 4.79 Å². The lowest BCUT2D eigenvalue weighted by atomic mass is 10.00. The van der Waals surface area contributed by atoms with E-state index in [2.05, 4.69) is 23.6 Å². The summed E-state index contributed by atoms with van der Waals surface area (Å²) in [6.07, 6.45) is 3.28. The van der Waals surface area contributed by atoms with Crippen LogP contribution in [0.4, 0.5) is 4.79 Å². The molecule has 1 amide bonds. The number of hydrogen-bond acceptors (Lipinski definition) is 3. The zero-order chi connectivity index (χ0) is 14.3. The molecule has 0 aromatic carbocycles. The molecule has 1 fully saturated rings. The minimum absolute atomic E-state index is 0.169. The van der Waals surface area contributed by atoms with Gasteiger partial charge in [-0.05, 0) is 56.0 Å². The van der Waals surface area contributed by atoms with E-state index in [1.807, 2.05) is 25.7 Å². The molecule has 3 nitrogen and oxygen atoms in total. The van der Waals surface area contributed by atoms with Crippen LogP contribution in [0, 0.1) is 11.8 Å². The Morgan fingerprint density at radius 1 is 1.40 bits per heavy atom. The van der Waals surface area contributed by atoms with Gasteiger partial charge in [0.15, 0.2) is 0 Å². The molecule has 108 valence electrons. The molecule has 0 saturated carbocycles. The van der Waals surface area contributed by atoms with E-state index in [1.54, 1.807) is 11.3 Å². The molecule has 2 heterocycles. The van der Waals surface area contributed by atoms with Crippen molar-refractivity contribution in [1.29, 1.82) is 0 Å². The highest BCUT2D eigenvalue weighted by atomic mass is 32.1. The molecule has 2 aliphatic rings. The third-order valence-corrected chi connectivity index (χ3v) is 4.82. The van der Waals surface area contributed by atoms with Crippen LogP contribution in [0.1, 0.15) is 32.1 Å². The third kappa shape index (κ3) is 2.75. The summed E-state index contributed by atoms with van der Waals surface area (Å²) in [4.78, 5) is 15.3. The van der Waals surface area contributed by atoms with Crippen LogP contribution in [0.2, 0.25) is 0 Å². The summed E-state index contributed by atoms with van der Waals surface area (Å²) in [6, 6.07) is 4.28. The molecule has 0 N–H and O–H groups in total. The molecule has 20 heavy (non-hydrogen) atoms. The first kappa shape index (κ1) is 13.7. The fourth-order valence-electron chi connectivity index (χ4n) is 3.03. The van der Waals surface area contributed by atoms with Crippen molar-refractivity contribution in [3.05, 3.63) is 28.5 Å². The van der Waals surface area contributed by atoms with Gasteiger partial charge in [-0.2, -0.15) is 0 Å². The van der Waals surface area contributed by atoms with Crippen LogP contribution < -0.4 is 0 Å². The summed E-state index contributed by atoms with van der Waals surface area (Å²) < 4.78 is 5.45. The average molecular weight is 291 g/mol. The van der Waals surface area contributed by atoms with Gasteiger partial charge in [0.25, 0.3) is 0 Å². The predicted octanol–water partition coefficient (Wildman–Crippen LogP) is 4.02. The first-order valence-corrected chi connectivity index (χ1v) is 8.03. The smallest absolute Gasteiger partial charge is 0.410 e. The highest BCUT2D eigenvalue weighted by molar-refractivity contribution is 7.11. The molecule has 1 aromatic heterocycles. The first-order chi connectivity index (χ1) is 9.42. The molecular weight excluding hydrogens is 270 g/mol. The Bertz CT molecular complexity index is 527. The minimum atomic E-state index is -0.410. The Balaban J connectivity index is 1.64. The number of amides is 1. The molecule has 2 unspecified atom stereocenters. The molecule has 0 bridgehead atoms. The van der Waals surface area contributed by atoms with E-state index in [0.29, 0.717) is 11.8 Å². The van der Waals surface area contributed by atoms with Gasteiger partial charge in [-0.15, -0.1) is 11.3 Å². The van der Waals surface area contributed by atoms with Gasteiger partial charge in [0.2, 0.25) is 0 Å². The van der Waals surface area contributed by atoms with Crippen LogP contribution in [0.15, 0.2) is 23.6 Å². The van der Waals surface area contributed by atoms with Crippen LogP contribution >= 0.6 is 11.3 Å². The highest BCUT2D eigenvalue weighted by Crippen LogP contribution is 2.42. The second kappa shape index (κ2) is 4.92. The number of nitrogens with zero attached hydrogens (tertiary/aromatic N) is 1. The SMILES string of the molecule is CC(C)(C)OC(=O)N1CC2C=C(c3cccs3)CC2C1. The summed E-state index contributed by atoms with van der Waals surface area (Å²) in [6.45, 7) is 7.36. The summed E-state index contributed by atoms with van der Waals surface area (Å²) in [5.74, 6) is 1.07. The normalized spacial score (nSPS) is 25.6. The molecule has 3 rings (SSSR count). The Kier molecular flexibility index (Phi) is 3.36. The Morgan fingerprint density at radius 2 is 2.20 bits per heavy atom. The van der Waals surface area contributed by atoms with E-state index in [4.69, 9.17) is 4.74 Å². The summed E-state index contributed by atoms with van der Waals surface area (Å²) in [5.41, 5.74) is 1.05. The van der Waals surface area contributed by atoms with Crippen LogP contribution in [0.5, 0.6) is 0 Å². The van der Waals surface area contributed by atoms with Crippen molar-refractivity contribution in [3.63, 3.8) is 0 Å². The van der Waals surface area contributed by atoms with Crippen LogP contribution in [0.25, 0.3) is 5.57 Å². The average Bonchev–Trinajstić information content (AvgIpc) is 3.01. The van der Waals surface area contributed by atoms with Crippen LogP contribution in [-0.2, 0) is 4.74 Å². The fourth-order valence-corrected chi connectivity index (χ4v) is 3.79. The second-order valence-electron chi connectivity index (χ2n) is 6.68. The molecule has 0 spiro atoms. The summed E-state index contributed by atoms with van der Waals surface area (Å²) in [7, 11) is 0. The van der Waals surface area contributed by atoms with Crippen LogP contribution in [0.3, 0.4) is 0 Å². The second-order valence-corrected chi connectivity index (χ2v) is 7.63. The van der Waals surface area contributed by atoms with Crippen molar-refractivity contribution in [2.45, 2.75) is 32.8 Å². The number of hydrogen-bond donors (Lipinski definition) is 0. The fraction of sp³-hybridized carbons (Fsp3) is 0.562. The van der Waals surface area contributed by atoms with E-state index < -0.39 is 5.60 Å². The van der Waals surface area contributed by atoms with E-state index in [1.165, 1.54) is 10.5 Å². The van der Waals surface area contributed by atoms with Crippen molar-refractivity contribution >= 4 is 23.0 Å². The summed E-state index contributed by atoms with van der Waals surface area (Å²) >= 11 is 1.80.